The number of nitrogen functional groups attached to an aromatic ring is 1. The van der Waals surface area contributed by atoms with Crippen LogP contribution in [0.5, 0.6) is 5.75 Å². The summed E-state index contributed by atoms with van der Waals surface area (Å²) in [6.07, 6.45) is 0. The Bertz CT molecular complexity index is 689. The molecule has 0 fully saturated rings. The summed E-state index contributed by atoms with van der Waals surface area (Å²) in [5, 5.41) is 1.76. The monoisotopic (exact) mass is 310 g/mol. The van der Waals surface area contributed by atoms with Crippen molar-refractivity contribution in [2.75, 3.05) is 0 Å². The molecule has 2 rings (SSSR count). The van der Waals surface area contributed by atoms with E-state index in [1.54, 1.807) is 5.38 Å². The first-order valence-electron chi connectivity index (χ1n) is 5.69. The van der Waals surface area contributed by atoms with E-state index < -0.39 is 17.6 Å². The van der Waals surface area contributed by atoms with Crippen LogP contribution in [0.2, 0.25) is 0 Å². The maximum absolute atomic E-state index is 13.5. The zero-order valence-corrected chi connectivity index (χ0v) is 11.4. The van der Waals surface area contributed by atoms with Gasteiger partial charge in [0.1, 0.15) is 23.7 Å². The summed E-state index contributed by atoms with van der Waals surface area (Å²) in [5.41, 5.74) is 7.18. The molecular weight excluding hydrogens is 299 g/mol. The number of nitrogens with one attached hydrogen (secondary N) is 1. The predicted octanol–water partition coefficient (Wildman–Crippen LogP) is 0.564. The van der Waals surface area contributed by atoms with Crippen molar-refractivity contribution < 1.29 is 18.7 Å². The molecule has 0 aliphatic rings. The molecule has 110 valence electrons. The van der Waals surface area contributed by atoms with E-state index in [0.717, 1.165) is 17.4 Å². The fourth-order valence-electron chi connectivity index (χ4n) is 1.55. The number of hydrazine groups is 1. The molecule has 0 spiro atoms. The number of hydrogen-bond donors (Lipinski definition) is 3. The van der Waals surface area contributed by atoms with Gasteiger partial charge in [0.15, 0.2) is 5.01 Å². The van der Waals surface area contributed by atoms with E-state index in [4.69, 9.17) is 16.3 Å². The van der Waals surface area contributed by atoms with Crippen molar-refractivity contribution in [3.05, 3.63) is 45.7 Å². The summed E-state index contributed by atoms with van der Waals surface area (Å²) < 4.78 is 18.9. The van der Waals surface area contributed by atoms with Gasteiger partial charge in [0, 0.05) is 5.38 Å². The summed E-state index contributed by atoms with van der Waals surface area (Å²) in [7, 11) is 0. The number of carbonyl (C=O) groups is 2. The van der Waals surface area contributed by atoms with Crippen molar-refractivity contribution in [3.63, 3.8) is 0 Å². The van der Waals surface area contributed by atoms with Gasteiger partial charge < -0.3 is 10.5 Å². The van der Waals surface area contributed by atoms with Gasteiger partial charge in [0.25, 0.3) is 11.8 Å². The predicted molar refractivity (Wildman–Crippen MR) is 73.0 cm³/mol. The molecule has 0 radical (unpaired) electrons. The molecule has 0 bridgehead atoms. The second-order valence-electron chi connectivity index (χ2n) is 3.88. The van der Waals surface area contributed by atoms with Gasteiger partial charge in [-0.1, -0.05) is 6.07 Å². The third kappa shape index (κ3) is 3.33. The first-order valence-corrected chi connectivity index (χ1v) is 6.57. The molecule has 0 saturated carbocycles. The second kappa shape index (κ2) is 6.29. The summed E-state index contributed by atoms with van der Waals surface area (Å²) in [5.74, 6) is 2.80. The Morgan fingerprint density at radius 3 is 2.86 bits per heavy atom. The molecule has 0 saturated heterocycles. The molecule has 7 nitrogen and oxygen atoms in total. The van der Waals surface area contributed by atoms with Crippen LogP contribution in [0.4, 0.5) is 4.39 Å². The van der Waals surface area contributed by atoms with Crippen LogP contribution in [0.25, 0.3) is 0 Å². The first kappa shape index (κ1) is 14.9. The highest BCUT2D eigenvalue weighted by atomic mass is 32.1. The highest BCUT2D eigenvalue weighted by molar-refractivity contribution is 7.11. The Kier molecular flexibility index (Phi) is 4.45. The number of primary amides is 1. The molecule has 1 aromatic carbocycles. The van der Waals surface area contributed by atoms with Crippen LogP contribution in [0.3, 0.4) is 0 Å². The van der Waals surface area contributed by atoms with E-state index in [-0.39, 0.29) is 22.9 Å². The fraction of sp³-hybridized carbons (Fsp3) is 0.0833. The fourth-order valence-corrected chi connectivity index (χ4v) is 2.26. The molecule has 5 N–H and O–H groups in total. The standard InChI is InChI=1S/C12H11FN4O3S/c13-7-2-1-3-8(9(7)10(14)18)20-4-6-5-21-12(16-6)11(19)17-15/h1-3,5H,4,15H2,(H2,14,18)(H,17,19). The minimum Gasteiger partial charge on any atom is -0.486 e. The number of halogens is 1. The van der Waals surface area contributed by atoms with Gasteiger partial charge in [-0.15, -0.1) is 11.3 Å². The lowest BCUT2D eigenvalue weighted by Crippen LogP contribution is -2.29. The van der Waals surface area contributed by atoms with Crippen molar-refractivity contribution in [1.82, 2.24) is 10.4 Å². The molecule has 1 heterocycles. The van der Waals surface area contributed by atoms with Crippen molar-refractivity contribution in [1.29, 1.82) is 0 Å². The Morgan fingerprint density at radius 2 is 2.19 bits per heavy atom. The molecule has 0 aliphatic heterocycles. The molecule has 0 unspecified atom stereocenters. The summed E-state index contributed by atoms with van der Waals surface area (Å²) >= 11 is 1.08. The van der Waals surface area contributed by atoms with Crippen molar-refractivity contribution >= 4 is 23.2 Å². The Labute approximate surface area is 122 Å². The topological polar surface area (TPSA) is 120 Å². The quantitative estimate of drug-likeness (QED) is 0.423. The van der Waals surface area contributed by atoms with E-state index >= 15 is 0 Å². The van der Waals surface area contributed by atoms with E-state index in [2.05, 4.69) is 4.98 Å². The van der Waals surface area contributed by atoms with Gasteiger partial charge in [-0.3, -0.25) is 15.0 Å². The average Bonchev–Trinajstić information content (AvgIpc) is 2.92. The average molecular weight is 310 g/mol. The van der Waals surface area contributed by atoms with Gasteiger partial charge >= 0.3 is 0 Å². The first-order chi connectivity index (χ1) is 10.0. The zero-order valence-electron chi connectivity index (χ0n) is 10.6. The number of ether oxygens (including phenoxy) is 1. The minimum atomic E-state index is -0.926. The van der Waals surface area contributed by atoms with E-state index in [0.29, 0.717) is 5.69 Å². The Hall–Kier alpha value is -2.52. The number of carbonyl (C=O) groups excluding carboxylic acids is 2. The normalized spacial score (nSPS) is 10.2. The van der Waals surface area contributed by atoms with Gasteiger partial charge in [-0.25, -0.2) is 15.2 Å². The van der Waals surface area contributed by atoms with Crippen LogP contribution in [0.1, 0.15) is 25.9 Å². The summed E-state index contributed by atoms with van der Waals surface area (Å²) in [4.78, 5) is 26.4. The summed E-state index contributed by atoms with van der Waals surface area (Å²) in [6, 6.07) is 3.92. The molecule has 0 aliphatic carbocycles. The lowest BCUT2D eigenvalue weighted by atomic mass is 10.2. The lowest BCUT2D eigenvalue weighted by Gasteiger charge is -2.08. The van der Waals surface area contributed by atoms with E-state index in [9.17, 15) is 14.0 Å². The number of aromatic nitrogens is 1. The molecule has 2 aromatic rings. The van der Waals surface area contributed by atoms with Gasteiger partial charge in [0.2, 0.25) is 0 Å². The number of hydrogen-bond acceptors (Lipinski definition) is 6. The number of rotatable bonds is 5. The van der Waals surface area contributed by atoms with Crippen LogP contribution in [-0.2, 0) is 6.61 Å². The molecular formula is C12H11FN4O3S. The maximum atomic E-state index is 13.5. The highest BCUT2D eigenvalue weighted by Crippen LogP contribution is 2.22. The minimum absolute atomic E-state index is 0.0142. The van der Waals surface area contributed by atoms with Crippen molar-refractivity contribution in [2.24, 2.45) is 11.6 Å². The molecule has 0 atom stereocenters. The third-order valence-corrected chi connectivity index (χ3v) is 3.36. The Morgan fingerprint density at radius 1 is 1.43 bits per heavy atom. The Balaban J connectivity index is 2.13. The molecule has 2 amide bonds. The van der Waals surface area contributed by atoms with E-state index in [1.165, 1.54) is 12.1 Å². The number of benzene rings is 1. The van der Waals surface area contributed by atoms with Gasteiger partial charge in [0.05, 0.1) is 5.69 Å². The zero-order chi connectivity index (χ0) is 15.4. The van der Waals surface area contributed by atoms with Crippen molar-refractivity contribution in [3.8, 4) is 5.75 Å². The highest BCUT2D eigenvalue weighted by Gasteiger charge is 2.16. The number of nitrogens with two attached hydrogens (primary N) is 2. The third-order valence-electron chi connectivity index (χ3n) is 2.47. The number of amides is 2. The SMILES string of the molecule is NNC(=O)c1nc(COc2cccc(F)c2C(N)=O)cs1. The van der Waals surface area contributed by atoms with Gasteiger partial charge in [-0.05, 0) is 12.1 Å². The van der Waals surface area contributed by atoms with Crippen LogP contribution in [-0.4, -0.2) is 16.8 Å². The summed E-state index contributed by atoms with van der Waals surface area (Å²) in [6.45, 7) is -0.0436. The largest absolute Gasteiger partial charge is 0.486 e. The molecule has 21 heavy (non-hydrogen) atoms. The number of thiazole rings is 1. The molecule has 1 aromatic heterocycles. The van der Waals surface area contributed by atoms with Crippen molar-refractivity contribution in [2.45, 2.75) is 6.61 Å². The maximum Gasteiger partial charge on any atom is 0.294 e. The molecule has 9 heteroatoms. The van der Waals surface area contributed by atoms with Crippen LogP contribution < -0.4 is 21.7 Å². The van der Waals surface area contributed by atoms with Crippen LogP contribution in [0, 0.1) is 5.82 Å². The van der Waals surface area contributed by atoms with Crippen LogP contribution >= 0.6 is 11.3 Å². The number of nitrogens with zero attached hydrogens (tertiary/aromatic N) is 1. The van der Waals surface area contributed by atoms with E-state index in [1.807, 2.05) is 5.43 Å². The second-order valence-corrected chi connectivity index (χ2v) is 4.74. The smallest absolute Gasteiger partial charge is 0.294 e. The van der Waals surface area contributed by atoms with Crippen LogP contribution in [0.15, 0.2) is 23.6 Å². The van der Waals surface area contributed by atoms with Gasteiger partial charge in [-0.2, -0.15) is 0 Å². The lowest BCUT2D eigenvalue weighted by molar-refractivity contribution is 0.0951.